The Morgan fingerprint density at radius 3 is 2.50 bits per heavy atom. The predicted octanol–water partition coefficient (Wildman–Crippen LogP) is 3.32. The van der Waals surface area contributed by atoms with E-state index in [1.807, 2.05) is 15.8 Å². The van der Waals surface area contributed by atoms with Gasteiger partial charge < -0.3 is 10.2 Å². The second-order valence-corrected chi connectivity index (χ2v) is 9.72. The van der Waals surface area contributed by atoms with Gasteiger partial charge >= 0.3 is 0 Å². The van der Waals surface area contributed by atoms with E-state index in [4.69, 9.17) is 0 Å². The van der Waals surface area contributed by atoms with Gasteiger partial charge in [-0.1, -0.05) is 27.7 Å². The highest BCUT2D eigenvalue weighted by Crippen LogP contribution is 2.17. The summed E-state index contributed by atoms with van der Waals surface area (Å²) >= 11 is 3.38. The van der Waals surface area contributed by atoms with Crippen LogP contribution in [0.2, 0.25) is 0 Å². The Morgan fingerprint density at radius 1 is 1.31 bits per heavy atom. The van der Waals surface area contributed by atoms with Crippen molar-refractivity contribution < 1.29 is 4.79 Å². The molecule has 1 amide bonds. The zero-order valence-corrected chi connectivity index (χ0v) is 18.2. The van der Waals surface area contributed by atoms with Gasteiger partial charge in [-0.3, -0.25) is 9.79 Å². The van der Waals surface area contributed by atoms with Crippen molar-refractivity contribution in [2.24, 2.45) is 16.8 Å². The van der Waals surface area contributed by atoms with Gasteiger partial charge in [0.2, 0.25) is 5.91 Å². The Morgan fingerprint density at radius 2 is 2.00 bits per heavy atom. The first-order valence-electron chi connectivity index (χ1n) is 9.41. The molecular formula is C19H32N4OS2. The van der Waals surface area contributed by atoms with Crippen LogP contribution in [-0.4, -0.2) is 58.3 Å². The van der Waals surface area contributed by atoms with Crippen LogP contribution in [0.3, 0.4) is 0 Å². The van der Waals surface area contributed by atoms with E-state index in [0.717, 1.165) is 36.1 Å². The smallest absolute Gasteiger partial charge is 0.240 e. The monoisotopic (exact) mass is 396 g/mol. The molecule has 0 radical (unpaired) electrons. The highest BCUT2D eigenvalue weighted by Gasteiger charge is 2.27. The van der Waals surface area contributed by atoms with Gasteiger partial charge in [0.05, 0.1) is 28.3 Å². The van der Waals surface area contributed by atoms with Crippen LogP contribution in [0.1, 0.15) is 40.3 Å². The van der Waals surface area contributed by atoms with E-state index in [1.54, 1.807) is 23.1 Å². The molecule has 7 heteroatoms. The third kappa shape index (κ3) is 7.00. The van der Waals surface area contributed by atoms with Crippen molar-refractivity contribution in [1.29, 1.82) is 0 Å². The van der Waals surface area contributed by atoms with E-state index >= 15 is 0 Å². The minimum Gasteiger partial charge on any atom is -0.341 e. The van der Waals surface area contributed by atoms with Gasteiger partial charge in [-0.25, -0.2) is 4.98 Å². The highest BCUT2D eigenvalue weighted by atomic mass is 32.2. The van der Waals surface area contributed by atoms with Gasteiger partial charge in [-0.15, -0.1) is 23.1 Å². The maximum atomic E-state index is 13.3. The molecule has 0 aliphatic carbocycles. The molecule has 1 aromatic rings. The van der Waals surface area contributed by atoms with Crippen LogP contribution < -0.4 is 5.32 Å². The predicted molar refractivity (Wildman–Crippen MR) is 113 cm³/mol. The van der Waals surface area contributed by atoms with Crippen molar-refractivity contribution >= 4 is 34.0 Å². The first kappa shape index (κ1) is 21.4. The van der Waals surface area contributed by atoms with Gasteiger partial charge in [0.25, 0.3) is 0 Å². The summed E-state index contributed by atoms with van der Waals surface area (Å²) in [7, 11) is 0. The first-order valence-corrected chi connectivity index (χ1v) is 11.3. The Labute approximate surface area is 166 Å². The summed E-state index contributed by atoms with van der Waals surface area (Å²) in [5.74, 6) is 2.09. The molecule has 0 spiro atoms. The quantitative estimate of drug-likeness (QED) is 0.659. The number of rotatable bonds is 10. The van der Waals surface area contributed by atoms with Crippen molar-refractivity contribution in [1.82, 2.24) is 15.2 Å². The molecular weight excluding hydrogens is 364 g/mol. The topological polar surface area (TPSA) is 57.6 Å². The van der Waals surface area contributed by atoms with Gasteiger partial charge in [0.1, 0.15) is 0 Å². The average molecular weight is 397 g/mol. The van der Waals surface area contributed by atoms with E-state index in [9.17, 15) is 4.79 Å². The van der Waals surface area contributed by atoms with Crippen LogP contribution in [0.4, 0.5) is 0 Å². The third-order valence-corrected chi connectivity index (χ3v) is 5.84. The van der Waals surface area contributed by atoms with E-state index in [1.165, 1.54) is 0 Å². The fraction of sp³-hybridized carbons (Fsp3) is 0.737. The van der Waals surface area contributed by atoms with Crippen LogP contribution in [-0.2, 0) is 11.2 Å². The van der Waals surface area contributed by atoms with Crippen LogP contribution >= 0.6 is 23.1 Å². The van der Waals surface area contributed by atoms with Crippen LogP contribution in [0.5, 0.6) is 0 Å². The summed E-state index contributed by atoms with van der Waals surface area (Å²) in [5, 5.41) is 6.67. The van der Waals surface area contributed by atoms with Gasteiger partial charge in [0.15, 0.2) is 0 Å². The molecule has 1 aliphatic heterocycles. The van der Waals surface area contributed by atoms with Crippen molar-refractivity contribution in [3.63, 3.8) is 0 Å². The van der Waals surface area contributed by atoms with Crippen LogP contribution in [0, 0.1) is 11.8 Å². The van der Waals surface area contributed by atoms with Gasteiger partial charge in [-0.05, 0) is 18.8 Å². The summed E-state index contributed by atoms with van der Waals surface area (Å²) in [6, 6.07) is 0.0186. The second-order valence-electron chi connectivity index (χ2n) is 7.79. The Kier molecular flexibility index (Phi) is 8.57. The minimum atomic E-state index is -0.240. The number of hydrogen-bond acceptors (Lipinski definition) is 6. The molecule has 0 saturated carbocycles. The first-order chi connectivity index (χ1) is 12.3. The lowest BCUT2D eigenvalue weighted by molar-refractivity contribution is -0.134. The number of thioether (sulfide) groups is 1. The molecule has 1 unspecified atom stereocenters. The second kappa shape index (κ2) is 10.4. The zero-order chi connectivity index (χ0) is 19.1. The lowest BCUT2D eigenvalue weighted by Crippen LogP contribution is -2.51. The summed E-state index contributed by atoms with van der Waals surface area (Å²) in [5.41, 5.74) is 2.81. The largest absolute Gasteiger partial charge is 0.341 e. The third-order valence-electron chi connectivity index (χ3n) is 4.13. The molecule has 0 saturated heterocycles. The van der Waals surface area contributed by atoms with E-state index in [-0.39, 0.29) is 18.0 Å². The molecule has 2 rings (SSSR count). The molecule has 26 heavy (non-hydrogen) atoms. The fourth-order valence-corrected chi connectivity index (χ4v) is 4.50. The lowest BCUT2D eigenvalue weighted by Gasteiger charge is -2.31. The number of nitrogens with zero attached hydrogens (tertiary/aromatic N) is 3. The molecule has 5 nitrogen and oxygen atoms in total. The summed E-state index contributed by atoms with van der Waals surface area (Å²) in [4.78, 5) is 24.4. The standard InChI is InChI=1S/C19H32N4OS2/c1-13(2)8-23(9-14(3)4)19(24)18(6-16-10-25-12-21-16)20-7-17-11-26-15(5)22-17/h10,12-14,17-18,20H,6-9,11H2,1-5H3/t17?,18-/m0/s1. The fourth-order valence-electron chi connectivity index (χ4n) is 3.08. The van der Waals surface area contributed by atoms with Gasteiger partial charge in [-0.2, -0.15) is 0 Å². The number of carbonyl (C=O) groups excluding carboxylic acids is 1. The average Bonchev–Trinajstić information content (AvgIpc) is 3.20. The minimum absolute atomic E-state index is 0.187. The molecule has 146 valence electrons. The number of carbonyl (C=O) groups is 1. The SMILES string of the molecule is CC1=NC(CN[C@@H](Cc2cscn2)C(=O)N(CC(C)C)CC(C)C)CS1. The molecule has 0 fully saturated rings. The Balaban J connectivity index is 2.07. The van der Waals surface area contributed by atoms with Crippen molar-refractivity contribution in [2.45, 2.75) is 53.1 Å². The Bertz CT molecular complexity index is 576. The number of thiazole rings is 1. The van der Waals surface area contributed by atoms with Crippen LogP contribution in [0.15, 0.2) is 15.9 Å². The van der Waals surface area contributed by atoms with Crippen molar-refractivity contribution in [2.75, 3.05) is 25.4 Å². The lowest BCUT2D eigenvalue weighted by atomic mass is 10.1. The number of hydrogen-bond donors (Lipinski definition) is 1. The maximum absolute atomic E-state index is 13.3. The molecule has 0 bridgehead atoms. The molecule has 1 aromatic heterocycles. The highest BCUT2D eigenvalue weighted by molar-refractivity contribution is 8.14. The normalized spacial score (nSPS) is 18.4. The van der Waals surface area contributed by atoms with E-state index in [2.05, 4.69) is 49.9 Å². The van der Waals surface area contributed by atoms with E-state index < -0.39 is 0 Å². The Hall–Kier alpha value is -0.920. The number of nitrogens with one attached hydrogen (secondary N) is 1. The van der Waals surface area contributed by atoms with Crippen LogP contribution in [0.25, 0.3) is 0 Å². The molecule has 1 N–H and O–H groups in total. The van der Waals surface area contributed by atoms with Gasteiger partial charge in [0, 0.05) is 37.2 Å². The molecule has 2 heterocycles. The molecule has 2 atom stereocenters. The zero-order valence-electron chi connectivity index (χ0n) is 16.6. The molecule has 1 aliphatic rings. The summed E-state index contributed by atoms with van der Waals surface area (Å²) in [6.45, 7) is 13.0. The summed E-state index contributed by atoms with van der Waals surface area (Å²) in [6.07, 6.45) is 0.636. The number of aliphatic imine (C=N–C) groups is 1. The number of amides is 1. The van der Waals surface area contributed by atoms with Crippen molar-refractivity contribution in [3.05, 3.63) is 16.6 Å². The van der Waals surface area contributed by atoms with Crippen molar-refractivity contribution in [3.8, 4) is 0 Å². The molecule has 0 aromatic carbocycles. The van der Waals surface area contributed by atoms with E-state index in [0.29, 0.717) is 18.3 Å². The number of aromatic nitrogens is 1. The maximum Gasteiger partial charge on any atom is 0.240 e. The summed E-state index contributed by atoms with van der Waals surface area (Å²) < 4.78 is 0.